The van der Waals surface area contributed by atoms with Crippen molar-refractivity contribution >= 4 is 29.6 Å². The Hall–Kier alpha value is -2.02. The van der Waals surface area contributed by atoms with Crippen LogP contribution in [-0.4, -0.2) is 34.1 Å². The summed E-state index contributed by atoms with van der Waals surface area (Å²) in [6.07, 6.45) is 6.50. The molecule has 3 aliphatic rings. The number of urea groups is 1. The first-order valence-corrected chi connectivity index (χ1v) is 10.7. The highest BCUT2D eigenvalue weighted by Crippen LogP contribution is 2.35. The summed E-state index contributed by atoms with van der Waals surface area (Å²) in [7, 11) is 0. The Kier molecular flexibility index (Phi) is 4.88. The Balaban J connectivity index is 1.34. The van der Waals surface area contributed by atoms with Gasteiger partial charge in [0.15, 0.2) is 0 Å². The van der Waals surface area contributed by atoms with Crippen LogP contribution >= 0.6 is 11.8 Å². The molecule has 4 amide bonds. The van der Waals surface area contributed by atoms with Crippen LogP contribution in [-0.2, 0) is 22.4 Å². The van der Waals surface area contributed by atoms with Crippen molar-refractivity contribution in [2.75, 3.05) is 5.75 Å². The van der Waals surface area contributed by atoms with Crippen LogP contribution in [0.3, 0.4) is 0 Å². The molecule has 2 aliphatic carbocycles. The molecule has 0 bridgehead atoms. The normalized spacial score (nSPS) is 27.0. The van der Waals surface area contributed by atoms with Gasteiger partial charge < -0.3 is 5.32 Å². The molecule has 1 saturated heterocycles. The van der Waals surface area contributed by atoms with Gasteiger partial charge in [-0.25, -0.2) is 4.79 Å². The van der Waals surface area contributed by atoms with E-state index >= 15 is 0 Å². The lowest BCUT2D eigenvalue weighted by Gasteiger charge is -2.33. The standard InChI is InChI=1S/C20H25N3O3S/c1-13-7-9-20(10-8-13)18(25)23(19(26)21-20)22-17(24)12-27-16-6-5-14-3-2-4-15(14)11-16/h5-6,11,13H,2-4,7-10,12H2,1H3,(H,21,26)(H,22,24). The van der Waals surface area contributed by atoms with Gasteiger partial charge in [0.2, 0.25) is 5.91 Å². The number of hydrogen-bond acceptors (Lipinski definition) is 4. The number of hydrogen-bond donors (Lipinski definition) is 2. The number of carbonyl (C=O) groups excluding carboxylic acids is 3. The van der Waals surface area contributed by atoms with E-state index in [1.807, 2.05) is 6.07 Å². The van der Waals surface area contributed by atoms with Crippen molar-refractivity contribution in [1.29, 1.82) is 0 Å². The molecule has 1 aliphatic heterocycles. The van der Waals surface area contributed by atoms with E-state index in [4.69, 9.17) is 0 Å². The average Bonchev–Trinajstić information content (AvgIpc) is 3.21. The molecule has 1 aromatic rings. The van der Waals surface area contributed by atoms with Crippen molar-refractivity contribution in [1.82, 2.24) is 15.8 Å². The molecular weight excluding hydrogens is 362 g/mol. The quantitative estimate of drug-likeness (QED) is 0.615. The Bertz CT molecular complexity index is 787. The third-order valence-corrected chi connectivity index (χ3v) is 6.96. The van der Waals surface area contributed by atoms with E-state index in [1.54, 1.807) is 0 Å². The monoisotopic (exact) mass is 387 g/mol. The summed E-state index contributed by atoms with van der Waals surface area (Å²) in [6, 6.07) is 5.79. The van der Waals surface area contributed by atoms with Gasteiger partial charge in [0.1, 0.15) is 5.54 Å². The van der Waals surface area contributed by atoms with Crippen LogP contribution in [0.5, 0.6) is 0 Å². The van der Waals surface area contributed by atoms with Gasteiger partial charge in [-0.1, -0.05) is 13.0 Å². The van der Waals surface area contributed by atoms with Crippen LogP contribution < -0.4 is 10.7 Å². The fraction of sp³-hybridized carbons (Fsp3) is 0.550. The van der Waals surface area contributed by atoms with Gasteiger partial charge in [0.25, 0.3) is 5.91 Å². The van der Waals surface area contributed by atoms with E-state index in [0.717, 1.165) is 35.6 Å². The number of aryl methyl sites for hydroxylation is 2. The number of carbonyl (C=O) groups is 3. The second kappa shape index (κ2) is 7.19. The van der Waals surface area contributed by atoms with Crippen LogP contribution in [0.2, 0.25) is 0 Å². The van der Waals surface area contributed by atoms with E-state index in [2.05, 4.69) is 29.8 Å². The van der Waals surface area contributed by atoms with Crippen molar-refractivity contribution in [2.24, 2.45) is 5.92 Å². The average molecular weight is 388 g/mol. The zero-order valence-electron chi connectivity index (χ0n) is 15.5. The molecule has 4 rings (SSSR count). The van der Waals surface area contributed by atoms with Crippen molar-refractivity contribution in [3.63, 3.8) is 0 Å². The number of fused-ring (bicyclic) bond motifs is 1. The summed E-state index contributed by atoms with van der Waals surface area (Å²) in [5.74, 6) is 0.0630. The molecule has 6 nitrogen and oxygen atoms in total. The third-order valence-electron chi connectivity index (χ3n) is 5.97. The van der Waals surface area contributed by atoms with E-state index in [1.165, 1.54) is 29.3 Å². The summed E-state index contributed by atoms with van der Waals surface area (Å²) in [6.45, 7) is 2.16. The first-order valence-electron chi connectivity index (χ1n) is 9.68. The first kappa shape index (κ1) is 18.3. The lowest BCUT2D eigenvalue weighted by Crippen LogP contribution is -2.51. The van der Waals surface area contributed by atoms with Gasteiger partial charge in [-0.15, -0.1) is 11.8 Å². The predicted molar refractivity (Wildman–Crippen MR) is 103 cm³/mol. The van der Waals surface area contributed by atoms with Crippen molar-refractivity contribution < 1.29 is 14.4 Å². The highest BCUT2D eigenvalue weighted by Gasteiger charge is 2.52. The topological polar surface area (TPSA) is 78.5 Å². The van der Waals surface area contributed by atoms with Crippen molar-refractivity contribution in [3.8, 4) is 0 Å². The molecule has 2 fully saturated rings. The summed E-state index contributed by atoms with van der Waals surface area (Å²) in [5, 5.41) is 3.69. The molecule has 1 saturated carbocycles. The smallest absolute Gasteiger partial charge is 0.322 e. The number of thioether (sulfide) groups is 1. The Morgan fingerprint density at radius 1 is 1.26 bits per heavy atom. The highest BCUT2D eigenvalue weighted by molar-refractivity contribution is 8.00. The van der Waals surface area contributed by atoms with Crippen LogP contribution in [0.15, 0.2) is 23.1 Å². The maximum absolute atomic E-state index is 12.8. The SMILES string of the molecule is CC1CCC2(CC1)NC(=O)N(NC(=O)CSc1ccc3c(c1)CCC3)C2=O. The number of nitrogens with zero attached hydrogens (tertiary/aromatic N) is 1. The Labute approximate surface area is 163 Å². The molecule has 2 N–H and O–H groups in total. The molecule has 0 aromatic heterocycles. The summed E-state index contributed by atoms with van der Waals surface area (Å²) in [5.41, 5.74) is 4.43. The van der Waals surface area contributed by atoms with Gasteiger partial charge >= 0.3 is 6.03 Å². The van der Waals surface area contributed by atoms with Gasteiger partial charge in [-0.2, -0.15) is 5.01 Å². The maximum atomic E-state index is 12.8. The van der Waals surface area contributed by atoms with E-state index in [-0.39, 0.29) is 17.6 Å². The molecule has 0 unspecified atom stereocenters. The number of nitrogens with one attached hydrogen (secondary N) is 2. The molecule has 1 spiro atoms. The van der Waals surface area contributed by atoms with Gasteiger partial charge in [0, 0.05) is 4.90 Å². The van der Waals surface area contributed by atoms with Gasteiger partial charge in [0.05, 0.1) is 5.75 Å². The highest BCUT2D eigenvalue weighted by atomic mass is 32.2. The maximum Gasteiger partial charge on any atom is 0.344 e. The lowest BCUT2D eigenvalue weighted by atomic mass is 9.77. The second-order valence-electron chi connectivity index (χ2n) is 7.94. The van der Waals surface area contributed by atoms with Crippen LogP contribution in [0, 0.1) is 5.92 Å². The summed E-state index contributed by atoms with van der Waals surface area (Å²) < 4.78 is 0. The number of benzene rings is 1. The number of rotatable bonds is 4. The summed E-state index contributed by atoms with van der Waals surface area (Å²) >= 11 is 1.43. The zero-order valence-corrected chi connectivity index (χ0v) is 16.4. The van der Waals surface area contributed by atoms with Crippen molar-refractivity contribution in [3.05, 3.63) is 29.3 Å². The molecule has 27 heavy (non-hydrogen) atoms. The molecule has 0 atom stereocenters. The van der Waals surface area contributed by atoms with Crippen LogP contribution in [0.1, 0.15) is 50.2 Å². The van der Waals surface area contributed by atoms with Gasteiger partial charge in [-0.05, 0) is 74.1 Å². The molecule has 7 heteroatoms. The van der Waals surface area contributed by atoms with Crippen LogP contribution in [0.25, 0.3) is 0 Å². The Morgan fingerprint density at radius 3 is 2.78 bits per heavy atom. The fourth-order valence-electron chi connectivity index (χ4n) is 4.26. The second-order valence-corrected chi connectivity index (χ2v) is 8.99. The minimum absolute atomic E-state index is 0.167. The van der Waals surface area contributed by atoms with E-state index in [0.29, 0.717) is 18.8 Å². The van der Waals surface area contributed by atoms with Gasteiger partial charge in [-0.3, -0.25) is 15.0 Å². The fourth-order valence-corrected chi connectivity index (χ4v) is 5.01. The molecular formula is C20H25N3O3S. The van der Waals surface area contributed by atoms with E-state index < -0.39 is 11.6 Å². The molecule has 0 radical (unpaired) electrons. The van der Waals surface area contributed by atoms with Crippen LogP contribution in [0.4, 0.5) is 4.79 Å². The minimum atomic E-state index is -0.829. The number of hydrazine groups is 1. The predicted octanol–water partition coefficient (Wildman–Crippen LogP) is 2.80. The minimum Gasteiger partial charge on any atom is -0.322 e. The largest absolute Gasteiger partial charge is 0.344 e. The third kappa shape index (κ3) is 3.57. The lowest BCUT2D eigenvalue weighted by molar-refractivity contribution is -0.139. The molecule has 1 heterocycles. The summed E-state index contributed by atoms with van der Waals surface area (Å²) in [4.78, 5) is 38.4. The zero-order chi connectivity index (χ0) is 19.0. The Morgan fingerprint density at radius 2 is 2.00 bits per heavy atom. The molecule has 144 valence electrons. The molecule has 1 aromatic carbocycles. The van der Waals surface area contributed by atoms with Crippen molar-refractivity contribution in [2.45, 2.75) is 62.3 Å². The number of amides is 4. The number of imide groups is 1. The first-order chi connectivity index (χ1) is 13.0. The van der Waals surface area contributed by atoms with E-state index in [9.17, 15) is 14.4 Å².